The van der Waals surface area contributed by atoms with Crippen LogP contribution in [0, 0.1) is 0 Å². The van der Waals surface area contributed by atoms with Gasteiger partial charge in [0.15, 0.2) is 0 Å². The second-order valence-electron chi connectivity index (χ2n) is 8.28. The maximum Gasteiger partial charge on any atom is 0.419 e. The molecule has 0 saturated heterocycles. The first-order valence-electron chi connectivity index (χ1n) is 9.77. The number of carbonyl (C=O) groups excluding carboxylic acids is 1. The van der Waals surface area contributed by atoms with Crippen LogP contribution in [0.2, 0.25) is 16.6 Å². The summed E-state index contributed by atoms with van der Waals surface area (Å²) >= 11 is 6.77. The largest absolute Gasteiger partial charge is 0.419 e. The van der Waals surface area contributed by atoms with E-state index in [1.54, 1.807) is 17.0 Å². The summed E-state index contributed by atoms with van der Waals surface area (Å²) in [6.45, 7) is 15.7. The molecule has 1 aromatic carbocycles. The average Bonchev–Trinajstić information content (AvgIpc) is 2.57. The number of ether oxygens (including phenoxy) is 1. The Morgan fingerprint density at radius 2 is 1.56 bits per heavy atom. The van der Waals surface area contributed by atoms with Gasteiger partial charge >= 0.3 is 6.09 Å². The first-order chi connectivity index (χ1) is 12.6. The van der Waals surface area contributed by atoms with E-state index in [2.05, 4.69) is 41.5 Å². The topological polar surface area (TPSA) is 29.5 Å². The fraction of sp³-hybridized carbons (Fsp3) is 0.500. The summed E-state index contributed by atoms with van der Waals surface area (Å²) in [4.78, 5) is 14.6. The van der Waals surface area contributed by atoms with E-state index in [1.807, 2.05) is 37.4 Å². The normalized spacial score (nSPS) is 18.0. The fourth-order valence-electron chi connectivity index (χ4n) is 4.81. The van der Waals surface area contributed by atoms with Crippen molar-refractivity contribution < 1.29 is 9.53 Å². The molecule has 0 fully saturated rings. The van der Waals surface area contributed by atoms with Crippen molar-refractivity contribution in [3.63, 3.8) is 0 Å². The minimum absolute atomic E-state index is 0.143. The quantitative estimate of drug-likeness (QED) is 0.488. The molecule has 1 aromatic rings. The van der Waals surface area contributed by atoms with Crippen molar-refractivity contribution in [1.82, 2.24) is 4.90 Å². The molecule has 0 spiro atoms. The third-order valence-electron chi connectivity index (χ3n) is 5.84. The van der Waals surface area contributed by atoms with Crippen LogP contribution in [0.4, 0.5) is 4.79 Å². The summed E-state index contributed by atoms with van der Waals surface area (Å²) in [6, 6.07) is 9.04. The van der Waals surface area contributed by atoms with Crippen molar-refractivity contribution in [2.45, 2.75) is 71.1 Å². The summed E-state index contributed by atoms with van der Waals surface area (Å²) in [6.07, 6.45) is 3.59. The number of hydrogen-bond acceptors (Lipinski definition) is 2. The molecule has 0 saturated carbocycles. The van der Waals surface area contributed by atoms with E-state index in [0.29, 0.717) is 22.4 Å². The van der Waals surface area contributed by atoms with E-state index in [4.69, 9.17) is 16.3 Å². The molecule has 27 heavy (non-hydrogen) atoms. The molecule has 0 radical (unpaired) electrons. The van der Waals surface area contributed by atoms with Gasteiger partial charge in [0.2, 0.25) is 0 Å². The maximum atomic E-state index is 12.9. The van der Waals surface area contributed by atoms with Crippen LogP contribution in [0.1, 0.15) is 48.5 Å². The van der Waals surface area contributed by atoms with Gasteiger partial charge in [-0.3, -0.25) is 4.90 Å². The van der Waals surface area contributed by atoms with E-state index in [1.165, 1.54) is 0 Å². The van der Waals surface area contributed by atoms with Gasteiger partial charge in [0.1, 0.15) is 5.75 Å². The van der Waals surface area contributed by atoms with E-state index in [-0.39, 0.29) is 12.1 Å². The molecule has 0 bridgehead atoms. The molecule has 1 aliphatic heterocycles. The van der Waals surface area contributed by atoms with Crippen molar-refractivity contribution in [2.24, 2.45) is 0 Å². The number of hydrogen-bond donors (Lipinski definition) is 0. The lowest BCUT2D eigenvalue weighted by atomic mass is 10.2. The minimum Gasteiger partial charge on any atom is -0.410 e. The standard InChI is InChI=1S/C22H32ClNO2Si/c1-15(2)27(16(3)4,17(5)6)21-14-24(18(7)13-20(21)23)22(25)26-19-11-9-8-10-12-19/h8-18H,1-7H3. The average molecular weight is 406 g/mol. The number of para-hydroxylation sites is 1. The van der Waals surface area contributed by atoms with Gasteiger partial charge in [-0.05, 0) is 47.0 Å². The highest BCUT2D eigenvalue weighted by Gasteiger charge is 2.48. The zero-order valence-corrected chi connectivity index (χ0v) is 19.2. The molecule has 0 aliphatic carbocycles. The highest BCUT2D eigenvalue weighted by atomic mass is 35.5. The SMILES string of the molecule is CC1C=C(Cl)C([Si](C(C)C)(C(C)C)C(C)C)=CN1C(=O)Oc1ccccc1. The molecule has 1 aliphatic rings. The second-order valence-corrected chi connectivity index (χ2v) is 14.6. The first kappa shape index (κ1) is 21.8. The fourth-order valence-corrected chi connectivity index (χ4v) is 12.3. The summed E-state index contributed by atoms with van der Waals surface area (Å²) in [5, 5.41) is 1.96. The number of amides is 1. The van der Waals surface area contributed by atoms with Crippen LogP contribution in [0.15, 0.2) is 52.8 Å². The third kappa shape index (κ3) is 4.17. The molecule has 0 N–H and O–H groups in total. The smallest absolute Gasteiger partial charge is 0.410 e. The Morgan fingerprint density at radius 3 is 2.04 bits per heavy atom. The molecule has 1 amide bonds. The Hall–Kier alpha value is -1.52. The van der Waals surface area contributed by atoms with Crippen LogP contribution < -0.4 is 4.74 Å². The van der Waals surface area contributed by atoms with E-state index in [9.17, 15) is 4.79 Å². The maximum absolute atomic E-state index is 12.9. The lowest BCUT2D eigenvalue weighted by Crippen LogP contribution is -2.50. The summed E-state index contributed by atoms with van der Waals surface area (Å²) < 4.78 is 5.59. The highest BCUT2D eigenvalue weighted by molar-refractivity contribution is 6.91. The van der Waals surface area contributed by atoms with Crippen molar-refractivity contribution in [3.8, 4) is 5.75 Å². The van der Waals surface area contributed by atoms with Crippen LogP contribution in [0.25, 0.3) is 0 Å². The lowest BCUT2D eigenvalue weighted by Gasteiger charge is -2.46. The molecule has 3 nitrogen and oxygen atoms in total. The molecule has 148 valence electrons. The number of rotatable bonds is 5. The Morgan fingerprint density at radius 1 is 1.04 bits per heavy atom. The van der Waals surface area contributed by atoms with Gasteiger partial charge in [0, 0.05) is 11.2 Å². The van der Waals surface area contributed by atoms with Crippen molar-refractivity contribution in [3.05, 3.63) is 52.8 Å². The molecule has 1 atom stereocenters. The lowest BCUT2D eigenvalue weighted by molar-refractivity contribution is 0.163. The Bertz CT molecular complexity index is 703. The Labute approximate surface area is 170 Å². The van der Waals surface area contributed by atoms with Gasteiger partial charge in [0.05, 0.1) is 14.1 Å². The number of benzene rings is 1. The molecule has 1 heterocycles. The van der Waals surface area contributed by atoms with Crippen molar-refractivity contribution in [2.75, 3.05) is 0 Å². The second kappa shape index (κ2) is 8.66. The number of halogens is 1. The zero-order valence-electron chi connectivity index (χ0n) is 17.5. The van der Waals surface area contributed by atoms with Gasteiger partial charge in [-0.15, -0.1) is 0 Å². The molecule has 1 unspecified atom stereocenters. The minimum atomic E-state index is -1.99. The monoisotopic (exact) mass is 405 g/mol. The van der Waals surface area contributed by atoms with Gasteiger partial charge in [0.25, 0.3) is 0 Å². The van der Waals surface area contributed by atoms with Crippen LogP contribution >= 0.6 is 11.6 Å². The number of carbonyl (C=O) groups is 1. The Kier molecular flexibility index (Phi) is 6.98. The molecule has 0 aromatic heterocycles. The van der Waals surface area contributed by atoms with E-state index >= 15 is 0 Å². The predicted octanol–water partition coefficient (Wildman–Crippen LogP) is 7.11. The van der Waals surface area contributed by atoms with Gasteiger partial charge in [-0.1, -0.05) is 71.3 Å². The van der Waals surface area contributed by atoms with Crippen LogP contribution in [0.5, 0.6) is 5.75 Å². The van der Waals surface area contributed by atoms with Crippen molar-refractivity contribution in [1.29, 1.82) is 0 Å². The highest BCUT2D eigenvalue weighted by Crippen LogP contribution is 2.50. The molecule has 2 rings (SSSR count). The summed E-state index contributed by atoms with van der Waals surface area (Å²) in [5.41, 5.74) is 1.52. The molecular formula is C22H32ClNO2Si. The Balaban J connectivity index is 2.46. The predicted molar refractivity (Wildman–Crippen MR) is 117 cm³/mol. The molecule has 5 heteroatoms. The van der Waals surface area contributed by atoms with Gasteiger partial charge in [-0.2, -0.15) is 0 Å². The number of allylic oxidation sites excluding steroid dienone is 2. The van der Waals surface area contributed by atoms with Crippen molar-refractivity contribution >= 4 is 25.8 Å². The van der Waals surface area contributed by atoms with E-state index < -0.39 is 8.07 Å². The van der Waals surface area contributed by atoms with Crippen LogP contribution in [-0.4, -0.2) is 25.1 Å². The van der Waals surface area contributed by atoms with Gasteiger partial charge in [-0.25, -0.2) is 4.79 Å². The summed E-state index contributed by atoms with van der Waals surface area (Å²) in [5.74, 6) is 0.547. The first-order valence-corrected chi connectivity index (χ1v) is 12.4. The summed E-state index contributed by atoms with van der Waals surface area (Å²) in [7, 11) is -1.99. The van der Waals surface area contributed by atoms with Crippen LogP contribution in [0.3, 0.4) is 0 Å². The van der Waals surface area contributed by atoms with E-state index in [0.717, 1.165) is 10.2 Å². The molecular weight excluding hydrogens is 374 g/mol. The van der Waals surface area contributed by atoms with Crippen LogP contribution in [-0.2, 0) is 0 Å². The van der Waals surface area contributed by atoms with Gasteiger partial charge < -0.3 is 4.74 Å². The third-order valence-corrected chi connectivity index (χ3v) is 13.4. The number of nitrogens with zero attached hydrogens (tertiary/aromatic N) is 1. The zero-order chi connectivity index (χ0) is 20.4.